The Morgan fingerprint density at radius 1 is 1.69 bits per heavy atom. The van der Waals surface area contributed by atoms with Gasteiger partial charge < -0.3 is 10.1 Å². The molecule has 5 heteroatoms. The van der Waals surface area contributed by atoms with E-state index in [1.54, 1.807) is 0 Å². The molecular formula is C8H18N4O. The van der Waals surface area contributed by atoms with Crippen molar-refractivity contribution in [3.05, 3.63) is 0 Å². The van der Waals surface area contributed by atoms with Crippen LogP contribution < -0.4 is 16.6 Å². The number of nitrogens with zero attached hydrogens (tertiary/aromatic N) is 1. The standard InChI is InChI=1S/C8H18N4O/c1-2-10-8(12-9)11-7-4-3-5-13-6-7/h7H,2-6,9H2,1H3,(H2,10,11,12). The number of ether oxygens (including phenoxy) is 1. The molecule has 0 spiro atoms. The predicted molar refractivity (Wildman–Crippen MR) is 52.3 cm³/mol. The van der Waals surface area contributed by atoms with Crippen LogP contribution in [0.3, 0.4) is 0 Å². The minimum atomic E-state index is 0.343. The Bertz CT molecular complexity index is 166. The summed E-state index contributed by atoms with van der Waals surface area (Å²) in [4.78, 5) is 4.15. The molecule has 0 amide bonds. The van der Waals surface area contributed by atoms with Crippen LogP contribution in [0, 0.1) is 0 Å². The molecule has 5 nitrogen and oxygen atoms in total. The van der Waals surface area contributed by atoms with Gasteiger partial charge in [-0.2, -0.15) is 0 Å². The van der Waals surface area contributed by atoms with Gasteiger partial charge in [-0.1, -0.05) is 0 Å². The number of nitrogens with one attached hydrogen (secondary N) is 2. The molecule has 76 valence electrons. The highest BCUT2D eigenvalue weighted by Gasteiger charge is 2.14. The summed E-state index contributed by atoms with van der Waals surface area (Å²) in [6.45, 7) is 4.30. The van der Waals surface area contributed by atoms with Gasteiger partial charge in [0.25, 0.3) is 0 Å². The molecule has 0 aliphatic carbocycles. The van der Waals surface area contributed by atoms with Crippen molar-refractivity contribution in [3.63, 3.8) is 0 Å². The van der Waals surface area contributed by atoms with Gasteiger partial charge in [-0.05, 0) is 19.8 Å². The molecule has 1 unspecified atom stereocenters. The molecule has 0 aromatic heterocycles. The van der Waals surface area contributed by atoms with Crippen molar-refractivity contribution >= 4 is 5.96 Å². The number of aliphatic imine (C=N–C) groups is 1. The molecule has 1 aliphatic heterocycles. The number of hydrogen-bond acceptors (Lipinski definition) is 3. The van der Waals surface area contributed by atoms with E-state index >= 15 is 0 Å². The first-order valence-corrected chi connectivity index (χ1v) is 4.72. The summed E-state index contributed by atoms with van der Waals surface area (Å²) < 4.78 is 5.32. The van der Waals surface area contributed by atoms with Crippen LogP contribution in [0.5, 0.6) is 0 Å². The fourth-order valence-electron chi connectivity index (χ4n) is 1.34. The summed E-state index contributed by atoms with van der Waals surface area (Å²) in [6.07, 6.45) is 2.21. The molecule has 0 aromatic carbocycles. The maximum atomic E-state index is 5.32. The molecule has 4 N–H and O–H groups in total. The average Bonchev–Trinajstić information content (AvgIpc) is 2.19. The summed E-state index contributed by atoms with van der Waals surface area (Å²) in [7, 11) is 0. The fourth-order valence-corrected chi connectivity index (χ4v) is 1.34. The molecule has 0 radical (unpaired) electrons. The Kier molecular flexibility index (Phi) is 4.56. The summed E-state index contributed by atoms with van der Waals surface area (Å²) in [5.41, 5.74) is 2.53. The fraction of sp³-hybridized carbons (Fsp3) is 0.875. The monoisotopic (exact) mass is 186 g/mol. The van der Waals surface area contributed by atoms with Crippen molar-refractivity contribution in [1.29, 1.82) is 0 Å². The largest absolute Gasteiger partial charge is 0.379 e. The zero-order chi connectivity index (χ0) is 9.52. The highest BCUT2D eigenvalue weighted by atomic mass is 16.5. The SMILES string of the molecule is CCN=C(NN)NC1CCCOC1. The lowest BCUT2D eigenvalue weighted by Crippen LogP contribution is -2.49. The zero-order valence-corrected chi connectivity index (χ0v) is 8.05. The van der Waals surface area contributed by atoms with Gasteiger partial charge in [0.15, 0.2) is 0 Å². The smallest absolute Gasteiger partial charge is 0.206 e. The van der Waals surface area contributed by atoms with E-state index in [0.717, 1.165) is 32.6 Å². The first kappa shape index (κ1) is 10.3. The van der Waals surface area contributed by atoms with E-state index in [1.165, 1.54) is 0 Å². The normalized spacial score (nSPS) is 24.2. The predicted octanol–water partition coefficient (Wildman–Crippen LogP) is -0.406. The van der Waals surface area contributed by atoms with E-state index in [-0.39, 0.29) is 0 Å². The number of hydrazine groups is 1. The summed E-state index contributed by atoms with van der Waals surface area (Å²) in [6, 6.07) is 0.343. The van der Waals surface area contributed by atoms with Crippen molar-refractivity contribution in [3.8, 4) is 0 Å². The van der Waals surface area contributed by atoms with Gasteiger partial charge in [0.1, 0.15) is 0 Å². The zero-order valence-electron chi connectivity index (χ0n) is 8.05. The Hall–Kier alpha value is -0.810. The van der Waals surface area contributed by atoms with Crippen LogP contribution in [0.15, 0.2) is 4.99 Å². The van der Waals surface area contributed by atoms with Crippen LogP contribution in [-0.2, 0) is 4.74 Å². The van der Waals surface area contributed by atoms with E-state index in [1.807, 2.05) is 6.92 Å². The first-order chi connectivity index (χ1) is 6.36. The van der Waals surface area contributed by atoms with E-state index in [2.05, 4.69) is 15.7 Å². The molecule has 1 fully saturated rings. The quantitative estimate of drug-likeness (QED) is 0.237. The Labute approximate surface area is 78.7 Å². The minimum Gasteiger partial charge on any atom is -0.379 e. The van der Waals surface area contributed by atoms with Gasteiger partial charge in [-0.15, -0.1) is 0 Å². The molecule has 1 saturated heterocycles. The highest BCUT2D eigenvalue weighted by molar-refractivity contribution is 5.79. The highest BCUT2D eigenvalue weighted by Crippen LogP contribution is 2.05. The summed E-state index contributed by atoms with van der Waals surface area (Å²) in [5, 5.41) is 3.20. The molecule has 13 heavy (non-hydrogen) atoms. The van der Waals surface area contributed by atoms with Gasteiger partial charge in [0.05, 0.1) is 12.6 Å². The maximum Gasteiger partial charge on any atom is 0.206 e. The molecule has 1 aliphatic rings. The topological polar surface area (TPSA) is 71.7 Å². The average molecular weight is 186 g/mol. The maximum absolute atomic E-state index is 5.32. The minimum absolute atomic E-state index is 0.343. The molecule has 1 rings (SSSR count). The van der Waals surface area contributed by atoms with E-state index in [4.69, 9.17) is 10.6 Å². The van der Waals surface area contributed by atoms with Gasteiger partial charge in [-0.25, -0.2) is 5.84 Å². The molecule has 0 saturated carbocycles. The second-order valence-corrected chi connectivity index (χ2v) is 3.03. The number of nitrogens with two attached hydrogens (primary N) is 1. The van der Waals surface area contributed by atoms with E-state index in [0.29, 0.717) is 12.0 Å². The molecular weight excluding hydrogens is 168 g/mol. The van der Waals surface area contributed by atoms with Crippen LogP contribution in [0.2, 0.25) is 0 Å². The lowest BCUT2D eigenvalue weighted by atomic mass is 10.1. The third kappa shape index (κ3) is 3.61. The second kappa shape index (κ2) is 5.77. The molecule has 0 bridgehead atoms. The van der Waals surface area contributed by atoms with Crippen LogP contribution in [0.4, 0.5) is 0 Å². The van der Waals surface area contributed by atoms with Crippen LogP contribution >= 0.6 is 0 Å². The van der Waals surface area contributed by atoms with Crippen molar-refractivity contribution < 1.29 is 4.74 Å². The first-order valence-electron chi connectivity index (χ1n) is 4.72. The summed E-state index contributed by atoms with van der Waals surface area (Å²) in [5.74, 6) is 5.94. The van der Waals surface area contributed by atoms with Gasteiger partial charge in [0, 0.05) is 13.2 Å². The number of rotatable bonds is 2. The Balaban J connectivity index is 2.31. The van der Waals surface area contributed by atoms with Crippen LogP contribution in [-0.4, -0.2) is 31.8 Å². The lowest BCUT2D eigenvalue weighted by molar-refractivity contribution is 0.0761. The van der Waals surface area contributed by atoms with Gasteiger partial charge in [0.2, 0.25) is 5.96 Å². The van der Waals surface area contributed by atoms with Gasteiger partial charge in [-0.3, -0.25) is 10.4 Å². The van der Waals surface area contributed by atoms with Crippen molar-refractivity contribution in [2.75, 3.05) is 19.8 Å². The second-order valence-electron chi connectivity index (χ2n) is 3.03. The molecule has 1 heterocycles. The van der Waals surface area contributed by atoms with E-state index < -0.39 is 0 Å². The molecule has 0 aromatic rings. The number of hydrogen-bond donors (Lipinski definition) is 3. The van der Waals surface area contributed by atoms with Gasteiger partial charge >= 0.3 is 0 Å². The van der Waals surface area contributed by atoms with Crippen molar-refractivity contribution in [2.45, 2.75) is 25.8 Å². The Morgan fingerprint density at radius 2 is 2.54 bits per heavy atom. The van der Waals surface area contributed by atoms with Crippen LogP contribution in [0.1, 0.15) is 19.8 Å². The third-order valence-electron chi connectivity index (χ3n) is 1.95. The van der Waals surface area contributed by atoms with Crippen molar-refractivity contribution in [1.82, 2.24) is 10.7 Å². The summed E-state index contributed by atoms with van der Waals surface area (Å²) >= 11 is 0. The lowest BCUT2D eigenvalue weighted by Gasteiger charge is -2.24. The molecule has 1 atom stereocenters. The van der Waals surface area contributed by atoms with Crippen LogP contribution in [0.25, 0.3) is 0 Å². The third-order valence-corrected chi connectivity index (χ3v) is 1.95. The number of guanidine groups is 1. The van der Waals surface area contributed by atoms with E-state index in [9.17, 15) is 0 Å². The Morgan fingerprint density at radius 3 is 3.08 bits per heavy atom. The van der Waals surface area contributed by atoms with Crippen molar-refractivity contribution in [2.24, 2.45) is 10.8 Å².